The summed E-state index contributed by atoms with van der Waals surface area (Å²) >= 11 is 1.65. The van der Waals surface area contributed by atoms with Gasteiger partial charge in [-0.25, -0.2) is 14.8 Å². The zero-order valence-corrected chi connectivity index (χ0v) is 9.71. The molecule has 1 heterocycles. The number of unbranched alkanes of at least 4 members (excludes halogenated alkanes) is 1. The molecule has 0 aliphatic heterocycles. The highest BCUT2D eigenvalue weighted by Gasteiger charge is 2.06. The fourth-order valence-corrected chi connectivity index (χ4v) is 1.82. The van der Waals surface area contributed by atoms with Gasteiger partial charge in [0.15, 0.2) is 5.69 Å². The van der Waals surface area contributed by atoms with Gasteiger partial charge in [0.05, 0.1) is 19.5 Å². The maximum atomic E-state index is 11.1. The van der Waals surface area contributed by atoms with E-state index < -0.39 is 5.97 Å². The summed E-state index contributed by atoms with van der Waals surface area (Å²) in [6.07, 6.45) is 5.37. The van der Waals surface area contributed by atoms with Gasteiger partial charge in [0, 0.05) is 0 Å². The molecular formula is C10H14N2O2S. The van der Waals surface area contributed by atoms with Crippen molar-refractivity contribution in [1.82, 2.24) is 9.97 Å². The molecule has 0 amide bonds. The SMILES string of the molecule is CCCCSc1cnc(C(=O)OC)cn1. The Morgan fingerprint density at radius 1 is 1.47 bits per heavy atom. The molecule has 4 nitrogen and oxygen atoms in total. The van der Waals surface area contributed by atoms with Crippen LogP contribution in [0.1, 0.15) is 30.3 Å². The number of methoxy groups -OCH3 is 1. The van der Waals surface area contributed by atoms with Crippen LogP contribution in [0, 0.1) is 0 Å². The van der Waals surface area contributed by atoms with Crippen molar-refractivity contribution in [3.63, 3.8) is 0 Å². The predicted octanol–water partition coefficient (Wildman–Crippen LogP) is 2.16. The fraction of sp³-hybridized carbons (Fsp3) is 0.500. The molecule has 5 heteroatoms. The zero-order valence-electron chi connectivity index (χ0n) is 8.90. The lowest BCUT2D eigenvalue weighted by Crippen LogP contribution is -2.04. The van der Waals surface area contributed by atoms with E-state index in [0.29, 0.717) is 0 Å². The minimum atomic E-state index is -0.451. The second-order valence-electron chi connectivity index (χ2n) is 2.93. The lowest BCUT2D eigenvalue weighted by atomic mass is 10.4. The van der Waals surface area contributed by atoms with E-state index in [0.717, 1.165) is 17.2 Å². The van der Waals surface area contributed by atoms with E-state index in [1.807, 2.05) is 0 Å². The number of rotatable bonds is 5. The van der Waals surface area contributed by atoms with Crippen molar-refractivity contribution in [3.8, 4) is 0 Å². The predicted molar refractivity (Wildman–Crippen MR) is 59.0 cm³/mol. The Labute approximate surface area is 93.5 Å². The normalized spacial score (nSPS) is 10.0. The van der Waals surface area contributed by atoms with E-state index in [9.17, 15) is 4.79 Å². The smallest absolute Gasteiger partial charge is 0.358 e. The average Bonchev–Trinajstić information content (AvgIpc) is 2.29. The number of carbonyl (C=O) groups excluding carboxylic acids is 1. The van der Waals surface area contributed by atoms with Crippen LogP contribution in [0.3, 0.4) is 0 Å². The van der Waals surface area contributed by atoms with E-state index in [2.05, 4.69) is 21.6 Å². The first-order valence-electron chi connectivity index (χ1n) is 4.81. The summed E-state index contributed by atoms with van der Waals surface area (Å²) in [5, 5.41) is 0.844. The van der Waals surface area contributed by atoms with Gasteiger partial charge in [-0.3, -0.25) is 0 Å². The van der Waals surface area contributed by atoms with Crippen molar-refractivity contribution in [3.05, 3.63) is 18.1 Å². The van der Waals surface area contributed by atoms with Crippen molar-refractivity contribution in [2.24, 2.45) is 0 Å². The zero-order chi connectivity index (χ0) is 11.1. The van der Waals surface area contributed by atoms with Gasteiger partial charge in [0.25, 0.3) is 0 Å². The first-order chi connectivity index (χ1) is 7.27. The molecule has 0 spiro atoms. The Balaban J connectivity index is 2.52. The Morgan fingerprint density at radius 3 is 2.80 bits per heavy atom. The summed E-state index contributed by atoms with van der Waals surface area (Å²) < 4.78 is 4.53. The molecule has 15 heavy (non-hydrogen) atoms. The largest absolute Gasteiger partial charge is 0.464 e. The fourth-order valence-electron chi connectivity index (χ4n) is 0.922. The topological polar surface area (TPSA) is 52.1 Å². The molecule has 0 N–H and O–H groups in total. The van der Waals surface area contributed by atoms with Crippen LogP contribution >= 0.6 is 11.8 Å². The van der Waals surface area contributed by atoms with Gasteiger partial charge in [0.2, 0.25) is 0 Å². The highest BCUT2D eigenvalue weighted by atomic mass is 32.2. The summed E-state index contributed by atoms with van der Waals surface area (Å²) in [5.41, 5.74) is 0.248. The van der Waals surface area contributed by atoms with Crippen molar-refractivity contribution >= 4 is 17.7 Å². The van der Waals surface area contributed by atoms with E-state index in [1.54, 1.807) is 18.0 Å². The number of hydrogen-bond donors (Lipinski definition) is 0. The average molecular weight is 226 g/mol. The van der Waals surface area contributed by atoms with Crippen molar-refractivity contribution in [1.29, 1.82) is 0 Å². The van der Waals surface area contributed by atoms with Gasteiger partial charge in [-0.05, 0) is 12.2 Å². The molecule has 0 fully saturated rings. The molecule has 0 unspecified atom stereocenters. The number of ether oxygens (including phenoxy) is 1. The lowest BCUT2D eigenvalue weighted by Gasteiger charge is -2.00. The maximum absolute atomic E-state index is 11.1. The van der Waals surface area contributed by atoms with Gasteiger partial charge in [0.1, 0.15) is 5.03 Å². The molecule has 1 rings (SSSR count). The molecular weight excluding hydrogens is 212 g/mol. The molecule has 0 aliphatic rings. The number of hydrogen-bond acceptors (Lipinski definition) is 5. The van der Waals surface area contributed by atoms with Gasteiger partial charge >= 0.3 is 5.97 Å². The third-order valence-corrected chi connectivity index (χ3v) is 2.77. The van der Waals surface area contributed by atoms with Crippen LogP contribution in [-0.2, 0) is 4.74 Å². The highest BCUT2D eigenvalue weighted by molar-refractivity contribution is 7.99. The highest BCUT2D eigenvalue weighted by Crippen LogP contribution is 2.15. The Bertz CT molecular complexity index is 314. The monoisotopic (exact) mass is 226 g/mol. The molecule has 0 atom stereocenters. The molecule has 0 bridgehead atoms. The van der Waals surface area contributed by atoms with Crippen LogP contribution in [0.15, 0.2) is 17.4 Å². The van der Waals surface area contributed by atoms with Gasteiger partial charge in [-0.15, -0.1) is 11.8 Å². The van der Waals surface area contributed by atoms with E-state index in [1.165, 1.54) is 19.7 Å². The number of aromatic nitrogens is 2. The third kappa shape index (κ3) is 3.87. The maximum Gasteiger partial charge on any atom is 0.358 e. The number of esters is 1. The molecule has 0 saturated heterocycles. The third-order valence-electron chi connectivity index (χ3n) is 1.77. The van der Waals surface area contributed by atoms with Crippen molar-refractivity contribution in [2.75, 3.05) is 12.9 Å². The molecule has 0 saturated carbocycles. The van der Waals surface area contributed by atoms with Crippen LogP contribution in [0.4, 0.5) is 0 Å². The number of carbonyl (C=O) groups is 1. The van der Waals surface area contributed by atoms with E-state index in [-0.39, 0.29) is 5.69 Å². The molecule has 0 radical (unpaired) electrons. The number of nitrogens with zero attached hydrogens (tertiary/aromatic N) is 2. The van der Waals surface area contributed by atoms with Crippen LogP contribution in [0.5, 0.6) is 0 Å². The van der Waals surface area contributed by atoms with E-state index in [4.69, 9.17) is 0 Å². The van der Waals surface area contributed by atoms with Crippen molar-refractivity contribution < 1.29 is 9.53 Å². The molecule has 0 aromatic carbocycles. The van der Waals surface area contributed by atoms with Crippen LogP contribution < -0.4 is 0 Å². The summed E-state index contributed by atoms with van der Waals surface area (Å²) in [6.45, 7) is 2.15. The minimum Gasteiger partial charge on any atom is -0.464 e. The van der Waals surface area contributed by atoms with Gasteiger partial charge in [-0.2, -0.15) is 0 Å². The Hall–Kier alpha value is -1.10. The number of thioether (sulfide) groups is 1. The molecule has 1 aromatic heterocycles. The lowest BCUT2D eigenvalue weighted by molar-refractivity contribution is 0.0593. The van der Waals surface area contributed by atoms with Gasteiger partial charge in [-0.1, -0.05) is 13.3 Å². The molecule has 1 aromatic rings. The quantitative estimate of drug-likeness (QED) is 0.437. The summed E-state index contributed by atoms with van der Waals surface area (Å²) in [5.74, 6) is 0.579. The Kier molecular flexibility index (Phi) is 5.10. The van der Waals surface area contributed by atoms with Crippen LogP contribution in [0.25, 0.3) is 0 Å². The summed E-state index contributed by atoms with van der Waals surface area (Å²) in [7, 11) is 1.33. The first-order valence-corrected chi connectivity index (χ1v) is 5.79. The minimum absolute atomic E-state index is 0.248. The molecule has 82 valence electrons. The first kappa shape index (κ1) is 12.0. The van der Waals surface area contributed by atoms with E-state index >= 15 is 0 Å². The van der Waals surface area contributed by atoms with Crippen LogP contribution in [-0.4, -0.2) is 28.8 Å². The standard InChI is InChI=1S/C10H14N2O2S/c1-3-4-5-15-9-7-11-8(6-12-9)10(13)14-2/h6-7H,3-5H2,1-2H3. The second kappa shape index (κ2) is 6.40. The molecule has 0 aliphatic carbocycles. The van der Waals surface area contributed by atoms with Crippen LogP contribution in [0.2, 0.25) is 0 Å². The Morgan fingerprint density at radius 2 is 2.27 bits per heavy atom. The van der Waals surface area contributed by atoms with Gasteiger partial charge < -0.3 is 4.74 Å². The summed E-state index contributed by atoms with van der Waals surface area (Å²) in [4.78, 5) is 19.1. The second-order valence-corrected chi connectivity index (χ2v) is 4.05. The van der Waals surface area contributed by atoms with Crippen molar-refractivity contribution in [2.45, 2.75) is 24.8 Å². The summed E-state index contributed by atoms with van der Waals surface area (Å²) in [6, 6.07) is 0.